The zero-order valence-electron chi connectivity index (χ0n) is 36.4. The molecule has 14 nitrogen and oxygen atoms in total. The Morgan fingerprint density at radius 3 is 2.02 bits per heavy atom. The van der Waals surface area contributed by atoms with Crippen LogP contribution in [0.5, 0.6) is 5.75 Å². The van der Waals surface area contributed by atoms with Crippen LogP contribution in [-0.4, -0.2) is 93.0 Å². The molecule has 0 aliphatic carbocycles. The summed E-state index contributed by atoms with van der Waals surface area (Å²) in [5.74, 6) is -1.32. The molecule has 1 heterocycles. The number of carbonyl (C=O) groups excluding carboxylic acids is 3. The maximum atomic E-state index is 15.5. The lowest BCUT2D eigenvalue weighted by atomic mass is 10.1. The fourth-order valence-electron chi connectivity index (χ4n) is 6.15. The van der Waals surface area contributed by atoms with Crippen molar-refractivity contribution < 1.29 is 50.9 Å². The van der Waals surface area contributed by atoms with Crippen LogP contribution in [0.1, 0.15) is 107 Å². The number of hydrogen-bond acceptors (Lipinski definition) is 11. The molecule has 0 bridgehead atoms. The molecule has 17 heteroatoms. The molecular weight excluding hydrogens is 788 g/mol. The molecule has 3 rings (SSSR count). The van der Waals surface area contributed by atoms with Gasteiger partial charge in [0.25, 0.3) is 0 Å². The lowest BCUT2D eigenvalue weighted by molar-refractivity contribution is -0.152. The Balaban J connectivity index is 2.04. The second-order valence-corrected chi connectivity index (χ2v) is 22.6. The predicted molar refractivity (Wildman–Crippen MR) is 224 cm³/mol. The number of rotatable bonds is 17. The Bertz CT molecular complexity index is 1910. The molecule has 0 saturated carbocycles. The molecule has 58 heavy (non-hydrogen) atoms. The van der Waals surface area contributed by atoms with Crippen LogP contribution < -0.4 is 9.04 Å². The topological polar surface area (TPSA) is 162 Å². The van der Waals surface area contributed by atoms with E-state index < -0.39 is 73.0 Å². The van der Waals surface area contributed by atoms with E-state index in [0.717, 1.165) is 35.3 Å². The van der Waals surface area contributed by atoms with Gasteiger partial charge in [-0.25, -0.2) is 14.0 Å². The molecule has 324 valence electrons. The highest BCUT2D eigenvalue weighted by Gasteiger charge is 2.36. The van der Waals surface area contributed by atoms with E-state index in [4.69, 9.17) is 23.4 Å². The third kappa shape index (κ3) is 13.8. The quantitative estimate of drug-likeness (QED) is 0.0552. The number of ether oxygens (including phenoxy) is 4. The number of aryl methyl sites for hydroxylation is 1. The SMILES string of the molecule is CCc1nn(C(=O)OC(C)(C)C)c2cc(OCCN(CC(O[Si](CC)(CC)CC)c3ccc(F)c(N(CC(=O)OC(C)(C)C)S(=O)[O-])c3)C(=O)OC(C)(C)C)ccc12. The van der Waals surface area contributed by atoms with Crippen molar-refractivity contribution in [1.82, 2.24) is 14.7 Å². The fourth-order valence-corrected chi connectivity index (χ4v) is 9.48. The third-order valence-electron chi connectivity index (χ3n) is 9.11. The zero-order chi connectivity index (χ0) is 43.8. The van der Waals surface area contributed by atoms with Gasteiger partial charge in [0.1, 0.15) is 41.5 Å². The molecule has 0 fully saturated rings. The van der Waals surface area contributed by atoms with Crippen molar-refractivity contribution in [2.24, 2.45) is 0 Å². The standard InChI is InChI=1S/C41H63FN4O10SSi/c1-14-32-30-20-19-29(25-33(30)46(43-32)38(49)55-41(11,12)13)52-23-22-44(37(48)54-40(8,9)10)26-35(56-58(15-2,16-3)17-4)28-18-21-31(42)34(24-28)45(57(50)51)27-36(47)53-39(5,6)7/h18-21,24-25,35H,14-17,22-23,26-27H2,1-13H3,(H,50,51)/p-1. The van der Waals surface area contributed by atoms with Crippen LogP contribution in [-0.2, 0) is 41.1 Å². The Morgan fingerprint density at radius 2 is 1.48 bits per heavy atom. The maximum Gasteiger partial charge on any atom is 0.435 e. The molecule has 2 unspecified atom stereocenters. The van der Waals surface area contributed by atoms with Crippen LogP contribution in [0.25, 0.3) is 10.9 Å². The van der Waals surface area contributed by atoms with Gasteiger partial charge in [-0.1, -0.05) is 33.8 Å². The lowest BCUT2D eigenvalue weighted by Crippen LogP contribution is -2.45. The highest BCUT2D eigenvalue weighted by atomic mass is 32.2. The smallest absolute Gasteiger partial charge is 0.435 e. The number of halogens is 1. The average molecular weight is 850 g/mol. The second-order valence-electron chi connectivity index (χ2n) is 17.0. The van der Waals surface area contributed by atoms with Crippen molar-refractivity contribution in [1.29, 1.82) is 0 Å². The number of carbonyl (C=O) groups is 3. The number of hydrogen-bond donors (Lipinski definition) is 0. The molecule has 0 aliphatic heterocycles. The molecule has 0 N–H and O–H groups in total. The van der Waals surface area contributed by atoms with Gasteiger partial charge in [0.2, 0.25) is 0 Å². The first-order valence-electron chi connectivity index (χ1n) is 19.8. The van der Waals surface area contributed by atoms with E-state index in [-0.39, 0.29) is 25.4 Å². The first-order valence-corrected chi connectivity index (χ1v) is 23.3. The summed E-state index contributed by atoms with van der Waals surface area (Å²) in [6.45, 7) is 22.8. The third-order valence-corrected chi connectivity index (χ3v) is 14.4. The van der Waals surface area contributed by atoms with Crippen molar-refractivity contribution >= 4 is 54.3 Å². The first-order chi connectivity index (χ1) is 26.8. The highest BCUT2D eigenvalue weighted by molar-refractivity contribution is 7.80. The van der Waals surface area contributed by atoms with Crippen molar-refractivity contribution in [2.75, 3.05) is 30.5 Å². The van der Waals surface area contributed by atoms with E-state index in [1.807, 2.05) is 33.8 Å². The van der Waals surface area contributed by atoms with Gasteiger partial charge in [-0.2, -0.15) is 9.78 Å². The van der Waals surface area contributed by atoms with E-state index in [0.29, 0.717) is 27.6 Å². The van der Waals surface area contributed by atoms with Gasteiger partial charge >= 0.3 is 18.2 Å². The molecule has 0 saturated heterocycles. The monoisotopic (exact) mass is 849 g/mol. The van der Waals surface area contributed by atoms with Crippen LogP contribution in [0, 0.1) is 5.82 Å². The molecule has 2 atom stereocenters. The summed E-state index contributed by atoms with van der Waals surface area (Å²) in [5, 5.41) is 5.27. The maximum absolute atomic E-state index is 15.5. The largest absolute Gasteiger partial charge is 0.755 e. The van der Waals surface area contributed by atoms with Crippen molar-refractivity contribution in [3.8, 4) is 5.75 Å². The summed E-state index contributed by atoms with van der Waals surface area (Å²) in [7, 11) is -2.45. The van der Waals surface area contributed by atoms with E-state index in [9.17, 15) is 23.1 Å². The van der Waals surface area contributed by atoms with Gasteiger partial charge < -0.3 is 32.8 Å². The highest BCUT2D eigenvalue weighted by Crippen LogP contribution is 2.34. The number of fused-ring (bicyclic) bond motifs is 1. The molecule has 2 aromatic carbocycles. The molecule has 3 aromatic rings. The minimum absolute atomic E-state index is 0.00405. The van der Waals surface area contributed by atoms with Crippen molar-refractivity contribution in [3.63, 3.8) is 0 Å². The van der Waals surface area contributed by atoms with Gasteiger partial charge in [-0.3, -0.25) is 13.3 Å². The van der Waals surface area contributed by atoms with E-state index in [2.05, 4.69) is 5.10 Å². The molecule has 0 aliphatic rings. The fraction of sp³-hybridized carbons (Fsp3) is 0.610. The normalized spacial score (nSPS) is 13.5. The number of amides is 1. The van der Waals surface area contributed by atoms with Crippen LogP contribution in [0.3, 0.4) is 0 Å². The Morgan fingerprint density at radius 1 is 0.879 bits per heavy atom. The summed E-state index contributed by atoms with van der Waals surface area (Å²) in [5.41, 5.74) is -1.24. The van der Waals surface area contributed by atoms with Gasteiger partial charge in [-0.15, -0.1) is 0 Å². The van der Waals surface area contributed by atoms with Gasteiger partial charge in [0.05, 0.1) is 36.1 Å². The molecule has 0 spiro atoms. The number of anilines is 1. The van der Waals surface area contributed by atoms with Crippen LogP contribution in [0.2, 0.25) is 18.1 Å². The number of aromatic nitrogens is 2. The average Bonchev–Trinajstić information content (AvgIpc) is 3.48. The summed E-state index contributed by atoms with van der Waals surface area (Å²) in [4.78, 5) is 41.1. The Hall–Kier alpha value is -4.06. The molecule has 1 amide bonds. The summed E-state index contributed by atoms with van der Waals surface area (Å²) < 4.78 is 72.1. The molecule has 0 radical (unpaired) electrons. The minimum Gasteiger partial charge on any atom is -0.755 e. The summed E-state index contributed by atoms with van der Waals surface area (Å²) in [6, 6.07) is 11.5. The van der Waals surface area contributed by atoms with Crippen LogP contribution in [0.4, 0.5) is 19.7 Å². The first kappa shape index (κ1) is 48.3. The Labute approximate surface area is 346 Å². The van der Waals surface area contributed by atoms with E-state index in [1.165, 1.54) is 21.7 Å². The van der Waals surface area contributed by atoms with Crippen molar-refractivity contribution in [3.05, 3.63) is 53.5 Å². The number of esters is 1. The summed E-state index contributed by atoms with van der Waals surface area (Å²) in [6.07, 6.45) is -1.54. The zero-order valence-corrected chi connectivity index (χ0v) is 38.2. The molecule has 1 aromatic heterocycles. The lowest BCUT2D eigenvalue weighted by Gasteiger charge is -2.37. The molecular formula is C41H62FN4O10SSi-. The van der Waals surface area contributed by atoms with Gasteiger partial charge in [0.15, 0.2) is 8.32 Å². The van der Waals surface area contributed by atoms with Crippen molar-refractivity contribution in [2.45, 2.75) is 137 Å². The van der Waals surface area contributed by atoms with Gasteiger partial charge in [0, 0.05) is 22.7 Å². The second kappa shape index (κ2) is 19.8. The van der Waals surface area contributed by atoms with Crippen LogP contribution >= 0.6 is 0 Å². The number of nitrogens with zero attached hydrogens (tertiary/aromatic N) is 4. The van der Waals surface area contributed by atoms with Gasteiger partial charge in [-0.05, 0) is 117 Å². The summed E-state index contributed by atoms with van der Waals surface area (Å²) >= 11 is -3.05. The number of benzene rings is 2. The van der Waals surface area contributed by atoms with E-state index >= 15 is 4.39 Å². The Kier molecular flexibility index (Phi) is 16.5. The van der Waals surface area contributed by atoms with Crippen LogP contribution in [0.15, 0.2) is 36.4 Å². The van der Waals surface area contributed by atoms with E-state index in [1.54, 1.807) is 74.4 Å². The predicted octanol–water partition coefficient (Wildman–Crippen LogP) is 8.84. The minimum atomic E-state index is -3.05.